The second-order valence-electron chi connectivity index (χ2n) is 8.55. The lowest BCUT2D eigenvalue weighted by molar-refractivity contribution is -0.385. The Morgan fingerprint density at radius 1 is 1.06 bits per heavy atom. The highest BCUT2D eigenvalue weighted by Gasteiger charge is 2.28. The Morgan fingerprint density at radius 3 is 2.47 bits per heavy atom. The van der Waals surface area contributed by atoms with Gasteiger partial charge in [-0.3, -0.25) is 24.5 Å². The van der Waals surface area contributed by atoms with Crippen molar-refractivity contribution in [3.63, 3.8) is 0 Å². The standard InChI is InChI=1S/C23H28N4O6S/c28-23(26-10-8-18(9-11-26)17-25-12-14-33-15-13-25)21-6-1-2-7-22(21)24-34(31,32)20-5-3-4-19(16-20)27(29)30/h1-7,16,18,24H,8-15,17H2. The number of amides is 1. The van der Waals surface area contributed by atoms with Gasteiger partial charge in [-0.05, 0) is 37.0 Å². The van der Waals surface area contributed by atoms with Crippen LogP contribution in [-0.4, -0.2) is 75.0 Å². The summed E-state index contributed by atoms with van der Waals surface area (Å²) in [5.41, 5.74) is 0.0739. The van der Waals surface area contributed by atoms with Crippen molar-refractivity contribution in [3.05, 3.63) is 64.2 Å². The van der Waals surface area contributed by atoms with Crippen LogP contribution in [0.5, 0.6) is 0 Å². The number of rotatable bonds is 7. The number of ether oxygens (including phenoxy) is 1. The van der Waals surface area contributed by atoms with E-state index < -0.39 is 14.9 Å². The van der Waals surface area contributed by atoms with Gasteiger partial charge in [0, 0.05) is 44.9 Å². The molecule has 0 radical (unpaired) electrons. The number of carbonyl (C=O) groups is 1. The zero-order valence-corrected chi connectivity index (χ0v) is 19.6. The van der Waals surface area contributed by atoms with E-state index in [0.29, 0.717) is 19.0 Å². The molecule has 0 bridgehead atoms. The third-order valence-corrected chi connectivity index (χ3v) is 7.63. The van der Waals surface area contributed by atoms with E-state index in [1.807, 2.05) is 0 Å². The number of nitrogens with one attached hydrogen (secondary N) is 1. The molecule has 0 atom stereocenters. The summed E-state index contributed by atoms with van der Waals surface area (Å²) in [6.07, 6.45) is 1.79. The fourth-order valence-electron chi connectivity index (χ4n) is 4.36. The van der Waals surface area contributed by atoms with Crippen LogP contribution >= 0.6 is 0 Å². The molecular formula is C23H28N4O6S. The van der Waals surface area contributed by atoms with E-state index in [0.717, 1.165) is 51.8 Å². The fraction of sp³-hybridized carbons (Fsp3) is 0.435. The topological polar surface area (TPSA) is 122 Å². The summed E-state index contributed by atoms with van der Waals surface area (Å²) in [6.45, 7) is 5.64. The fourth-order valence-corrected chi connectivity index (χ4v) is 5.48. The zero-order chi connectivity index (χ0) is 24.1. The third-order valence-electron chi connectivity index (χ3n) is 6.26. The molecule has 1 amide bonds. The Bertz CT molecular complexity index is 1140. The Labute approximate surface area is 198 Å². The van der Waals surface area contributed by atoms with Crippen LogP contribution in [0.2, 0.25) is 0 Å². The number of carbonyl (C=O) groups excluding carboxylic acids is 1. The molecule has 34 heavy (non-hydrogen) atoms. The van der Waals surface area contributed by atoms with E-state index in [1.54, 1.807) is 23.1 Å². The molecule has 4 rings (SSSR count). The molecule has 0 spiro atoms. The van der Waals surface area contributed by atoms with Crippen LogP contribution < -0.4 is 4.72 Å². The Kier molecular flexibility index (Phi) is 7.44. The third kappa shape index (κ3) is 5.72. The van der Waals surface area contributed by atoms with Crippen molar-refractivity contribution in [3.8, 4) is 0 Å². The summed E-state index contributed by atoms with van der Waals surface area (Å²) in [5.74, 6) is 0.284. The van der Waals surface area contributed by atoms with E-state index in [4.69, 9.17) is 4.74 Å². The molecule has 2 saturated heterocycles. The van der Waals surface area contributed by atoms with Crippen molar-refractivity contribution >= 4 is 27.3 Å². The molecule has 2 fully saturated rings. The van der Waals surface area contributed by atoms with Crippen molar-refractivity contribution in [1.29, 1.82) is 0 Å². The van der Waals surface area contributed by atoms with Gasteiger partial charge in [-0.1, -0.05) is 18.2 Å². The quantitative estimate of drug-likeness (QED) is 0.469. The molecule has 1 N–H and O–H groups in total. The second kappa shape index (κ2) is 10.5. The van der Waals surface area contributed by atoms with Crippen LogP contribution in [0.1, 0.15) is 23.2 Å². The largest absolute Gasteiger partial charge is 0.379 e. The average Bonchev–Trinajstić information content (AvgIpc) is 2.85. The maximum Gasteiger partial charge on any atom is 0.270 e. The molecule has 0 saturated carbocycles. The number of likely N-dealkylation sites (tertiary alicyclic amines) is 1. The van der Waals surface area contributed by atoms with E-state index in [1.165, 1.54) is 24.3 Å². The Hall–Kier alpha value is -3.02. The summed E-state index contributed by atoms with van der Waals surface area (Å²) in [6, 6.07) is 11.2. The van der Waals surface area contributed by atoms with Crippen LogP contribution in [0.15, 0.2) is 53.4 Å². The van der Waals surface area contributed by atoms with E-state index in [9.17, 15) is 23.3 Å². The van der Waals surface area contributed by atoms with Gasteiger partial charge in [0.1, 0.15) is 0 Å². The molecule has 2 aromatic rings. The Balaban J connectivity index is 1.43. The number of morpholine rings is 1. The second-order valence-corrected chi connectivity index (χ2v) is 10.2. The molecular weight excluding hydrogens is 460 g/mol. The highest BCUT2D eigenvalue weighted by Crippen LogP contribution is 2.26. The van der Waals surface area contributed by atoms with Gasteiger partial charge in [-0.2, -0.15) is 0 Å². The lowest BCUT2D eigenvalue weighted by atomic mass is 9.95. The van der Waals surface area contributed by atoms with Gasteiger partial charge in [-0.15, -0.1) is 0 Å². The number of nitro benzene ring substituents is 1. The minimum Gasteiger partial charge on any atom is -0.379 e. The van der Waals surface area contributed by atoms with Crippen LogP contribution in [0.3, 0.4) is 0 Å². The first-order chi connectivity index (χ1) is 16.3. The highest BCUT2D eigenvalue weighted by atomic mass is 32.2. The number of nitrogens with zero attached hydrogens (tertiary/aromatic N) is 3. The zero-order valence-electron chi connectivity index (χ0n) is 18.8. The van der Waals surface area contributed by atoms with Crippen molar-refractivity contribution < 1.29 is 22.9 Å². The van der Waals surface area contributed by atoms with Crippen molar-refractivity contribution in [1.82, 2.24) is 9.80 Å². The highest BCUT2D eigenvalue weighted by molar-refractivity contribution is 7.92. The number of sulfonamides is 1. The predicted molar refractivity (Wildman–Crippen MR) is 126 cm³/mol. The van der Waals surface area contributed by atoms with Gasteiger partial charge in [0.05, 0.1) is 34.3 Å². The number of hydrogen-bond donors (Lipinski definition) is 1. The first kappa shape index (κ1) is 24.1. The molecule has 2 aliphatic rings. The lowest BCUT2D eigenvalue weighted by Gasteiger charge is -2.36. The SMILES string of the molecule is O=C(c1ccccc1NS(=O)(=O)c1cccc([N+](=O)[O-])c1)N1CCC(CN2CCOCC2)CC1. The van der Waals surface area contributed by atoms with Crippen molar-refractivity contribution in [2.45, 2.75) is 17.7 Å². The number of non-ortho nitro benzene ring substituents is 1. The molecule has 2 heterocycles. The van der Waals surface area contributed by atoms with Crippen molar-refractivity contribution in [2.24, 2.45) is 5.92 Å². The minimum atomic E-state index is -4.12. The van der Waals surface area contributed by atoms with Gasteiger partial charge in [0.2, 0.25) is 0 Å². The summed E-state index contributed by atoms with van der Waals surface area (Å²) in [5, 5.41) is 11.0. The van der Waals surface area contributed by atoms with Gasteiger partial charge in [0.15, 0.2) is 0 Å². The van der Waals surface area contributed by atoms with E-state index >= 15 is 0 Å². The molecule has 2 aromatic carbocycles. The van der Waals surface area contributed by atoms with Crippen LogP contribution in [0.25, 0.3) is 0 Å². The van der Waals surface area contributed by atoms with Gasteiger partial charge < -0.3 is 9.64 Å². The van der Waals surface area contributed by atoms with E-state index in [2.05, 4.69) is 9.62 Å². The molecule has 182 valence electrons. The minimum absolute atomic E-state index is 0.148. The number of benzene rings is 2. The molecule has 11 heteroatoms. The maximum absolute atomic E-state index is 13.3. The van der Waals surface area contributed by atoms with Gasteiger partial charge in [0.25, 0.3) is 21.6 Å². The van der Waals surface area contributed by atoms with E-state index in [-0.39, 0.29) is 27.7 Å². The molecule has 2 aliphatic heterocycles. The maximum atomic E-state index is 13.3. The lowest BCUT2D eigenvalue weighted by Crippen LogP contribution is -2.44. The Morgan fingerprint density at radius 2 is 1.76 bits per heavy atom. The van der Waals surface area contributed by atoms with Crippen LogP contribution in [0, 0.1) is 16.0 Å². The summed E-state index contributed by atoms with van der Waals surface area (Å²) in [7, 11) is -4.12. The first-order valence-corrected chi connectivity index (χ1v) is 12.8. The van der Waals surface area contributed by atoms with Gasteiger partial charge in [-0.25, -0.2) is 8.42 Å². The predicted octanol–water partition coefficient (Wildman–Crippen LogP) is 2.58. The molecule has 0 aromatic heterocycles. The normalized spacial score (nSPS) is 17.9. The first-order valence-electron chi connectivity index (χ1n) is 11.3. The van der Waals surface area contributed by atoms with Gasteiger partial charge >= 0.3 is 0 Å². The molecule has 0 unspecified atom stereocenters. The summed E-state index contributed by atoms with van der Waals surface area (Å²) in [4.78, 5) is 27.6. The number of hydrogen-bond acceptors (Lipinski definition) is 7. The average molecular weight is 489 g/mol. The molecule has 0 aliphatic carbocycles. The monoisotopic (exact) mass is 488 g/mol. The summed E-state index contributed by atoms with van der Waals surface area (Å²) < 4.78 is 33.6. The van der Waals surface area contributed by atoms with Crippen LogP contribution in [0.4, 0.5) is 11.4 Å². The molecule has 10 nitrogen and oxygen atoms in total. The number of nitro groups is 1. The van der Waals surface area contributed by atoms with Crippen LogP contribution in [-0.2, 0) is 14.8 Å². The number of piperidine rings is 1. The van der Waals surface area contributed by atoms with Crippen molar-refractivity contribution in [2.75, 3.05) is 50.7 Å². The number of anilines is 1. The smallest absolute Gasteiger partial charge is 0.270 e. The number of para-hydroxylation sites is 1. The summed E-state index contributed by atoms with van der Waals surface area (Å²) >= 11 is 0.